The Morgan fingerprint density at radius 2 is 1.50 bits per heavy atom. The summed E-state index contributed by atoms with van der Waals surface area (Å²) in [5.41, 5.74) is 5.51. The highest BCUT2D eigenvalue weighted by Crippen LogP contribution is 2.23. The van der Waals surface area contributed by atoms with Gasteiger partial charge >= 0.3 is 5.97 Å². The SMILES string of the molecule is O=C(CCCCCCC(=O)Nc1ccccc1O)N/N=C/c1ccc(CN2C[C@H](c3ccccc3)OC(=O)CC/C=C/CCC2=O)cc1. The minimum absolute atomic E-state index is 0.0137. The van der Waals surface area contributed by atoms with E-state index in [9.17, 15) is 24.3 Å². The van der Waals surface area contributed by atoms with Crippen LogP contribution in [-0.2, 0) is 30.5 Å². The maximum atomic E-state index is 13.3. The van der Waals surface area contributed by atoms with Crippen molar-refractivity contribution >= 4 is 35.6 Å². The number of ether oxygens (including phenoxy) is 1. The van der Waals surface area contributed by atoms with E-state index in [1.54, 1.807) is 29.3 Å². The molecule has 1 atom stereocenters. The Balaban J connectivity index is 1.20. The van der Waals surface area contributed by atoms with Crippen LogP contribution >= 0.6 is 0 Å². The zero-order valence-electron chi connectivity index (χ0n) is 27.2. The van der Waals surface area contributed by atoms with E-state index in [2.05, 4.69) is 15.8 Å². The van der Waals surface area contributed by atoms with E-state index in [0.29, 0.717) is 63.6 Å². The van der Waals surface area contributed by atoms with Crippen molar-refractivity contribution in [2.45, 2.75) is 76.9 Å². The van der Waals surface area contributed by atoms with Crippen LogP contribution in [0.5, 0.6) is 5.75 Å². The smallest absolute Gasteiger partial charge is 0.306 e. The zero-order chi connectivity index (χ0) is 34.0. The Bertz CT molecular complexity index is 1550. The lowest BCUT2D eigenvalue weighted by atomic mass is 10.1. The number of aromatic hydroxyl groups is 1. The lowest BCUT2D eigenvalue weighted by Gasteiger charge is -2.28. The van der Waals surface area contributed by atoms with Crippen molar-refractivity contribution in [2.75, 3.05) is 11.9 Å². The molecule has 3 amide bonds. The second-order valence-electron chi connectivity index (χ2n) is 11.7. The molecule has 10 heteroatoms. The normalized spacial score (nSPS) is 16.4. The van der Waals surface area contributed by atoms with Crippen molar-refractivity contribution in [3.63, 3.8) is 0 Å². The molecule has 1 aliphatic heterocycles. The van der Waals surface area contributed by atoms with E-state index in [-0.39, 0.29) is 36.0 Å². The second kappa shape index (κ2) is 19.4. The van der Waals surface area contributed by atoms with Crippen molar-refractivity contribution < 1.29 is 29.0 Å². The molecule has 0 saturated heterocycles. The first-order valence-corrected chi connectivity index (χ1v) is 16.5. The van der Waals surface area contributed by atoms with Crippen molar-refractivity contribution in [2.24, 2.45) is 5.10 Å². The number of hydrogen-bond acceptors (Lipinski definition) is 7. The first-order valence-electron chi connectivity index (χ1n) is 16.5. The highest BCUT2D eigenvalue weighted by Gasteiger charge is 2.24. The van der Waals surface area contributed by atoms with Gasteiger partial charge in [-0.3, -0.25) is 19.2 Å². The third kappa shape index (κ3) is 12.5. The second-order valence-corrected chi connectivity index (χ2v) is 11.7. The van der Waals surface area contributed by atoms with Crippen LogP contribution in [-0.4, -0.2) is 46.5 Å². The molecule has 3 aromatic rings. The average Bonchev–Trinajstić information content (AvgIpc) is 3.08. The Kier molecular flexibility index (Phi) is 14.4. The third-order valence-corrected chi connectivity index (χ3v) is 7.88. The molecule has 3 N–H and O–H groups in total. The van der Waals surface area contributed by atoms with Crippen molar-refractivity contribution in [1.82, 2.24) is 10.3 Å². The van der Waals surface area contributed by atoms with Crippen LogP contribution in [0.3, 0.4) is 0 Å². The fourth-order valence-electron chi connectivity index (χ4n) is 5.23. The summed E-state index contributed by atoms with van der Waals surface area (Å²) in [5, 5.41) is 16.5. The molecular weight excluding hydrogens is 608 g/mol. The number of cyclic esters (lactones) is 1. The number of nitrogens with one attached hydrogen (secondary N) is 2. The fourth-order valence-corrected chi connectivity index (χ4v) is 5.23. The van der Waals surface area contributed by atoms with E-state index < -0.39 is 6.10 Å². The number of nitrogens with zero attached hydrogens (tertiary/aromatic N) is 2. The van der Waals surface area contributed by atoms with Crippen LogP contribution < -0.4 is 10.7 Å². The number of phenolic OH excluding ortho intramolecular Hbond substituents is 1. The highest BCUT2D eigenvalue weighted by molar-refractivity contribution is 5.92. The summed E-state index contributed by atoms with van der Waals surface area (Å²) in [6.45, 7) is 0.613. The van der Waals surface area contributed by atoms with Crippen molar-refractivity contribution in [3.05, 3.63) is 108 Å². The van der Waals surface area contributed by atoms with E-state index in [4.69, 9.17) is 4.74 Å². The van der Waals surface area contributed by atoms with Gasteiger partial charge in [-0.25, -0.2) is 5.43 Å². The molecule has 252 valence electrons. The molecule has 3 aromatic carbocycles. The maximum absolute atomic E-state index is 13.3. The van der Waals surface area contributed by atoms with Crippen LogP contribution in [0.1, 0.15) is 87.0 Å². The van der Waals surface area contributed by atoms with Crippen LogP contribution in [0.25, 0.3) is 0 Å². The maximum Gasteiger partial charge on any atom is 0.306 e. The number of hydrogen-bond donors (Lipinski definition) is 3. The summed E-state index contributed by atoms with van der Waals surface area (Å²) >= 11 is 0. The van der Waals surface area contributed by atoms with Gasteiger partial charge < -0.3 is 20.1 Å². The number of carbonyl (C=O) groups is 4. The quantitative estimate of drug-likeness (QED) is 0.0477. The third-order valence-electron chi connectivity index (χ3n) is 7.88. The number of rotatable bonds is 13. The zero-order valence-corrected chi connectivity index (χ0v) is 27.2. The lowest BCUT2D eigenvalue weighted by Crippen LogP contribution is -2.35. The molecule has 0 saturated carbocycles. The molecule has 4 rings (SSSR count). The number of hydrazone groups is 1. The van der Waals surface area contributed by atoms with E-state index in [1.165, 1.54) is 6.07 Å². The number of para-hydroxylation sites is 2. The molecule has 0 radical (unpaired) electrons. The van der Waals surface area contributed by atoms with Crippen LogP contribution in [0.2, 0.25) is 0 Å². The molecular formula is C38H44N4O6. The van der Waals surface area contributed by atoms with Crippen LogP contribution in [0, 0.1) is 0 Å². The molecule has 0 aromatic heterocycles. The molecule has 1 heterocycles. The monoisotopic (exact) mass is 652 g/mol. The molecule has 48 heavy (non-hydrogen) atoms. The number of anilines is 1. The number of benzene rings is 3. The minimum Gasteiger partial charge on any atom is -0.506 e. The Hall–Kier alpha value is -5.25. The van der Waals surface area contributed by atoms with E-state index in [0.717, 1.165) is 29.5 Å². The summed E-state index contributed by atoms with van der Waals surface area (Å²) < 4.78 is 5.84. The van der Waals surface area contributed by atoms with Gasteiger partial charge in [-0.15, -0.1) is 0 Å². The number of phenols is 1. The number of unbranched alkanes of at least 4 members (excludes halogenated alkanes) is 3. The topological polar surface area (TPSA) is 137 Å². The number of allylic oxidation sites excluding steroid dienone is 2. The predicted molar refractivity (Wildman–Crippen MR) is 185 cm³/mol. The summed E-state index contributed by atoms with van der Waals surface area (Å²) in [6.07, 6.45) is 10.4. The van der Waals surface area contributed by atoms with Gasteiger partial charge in [-0.1, -0.05) is 91.7 Å². The van der Waals surface area contributed by atoms with Gasteiger partial charge in [0.05, 0.1) is 18.4 Å². The largest absolute Gasteiger partial charge is 0.506 e. The lowest BCUT2D eigenvalue weighted by molar-refractivity contribution is -0.152. The first-order chi connectivity index (χ1) is 23.4. The Morgan fingerprint density at radius 3 is 2.23 bits per heavy atom. The van der Waals surface area contributed by atoms with Gasteiger partial charge in [0.1, 0.15) is 11.9 Å². The first kappa shape index (κ1) is 35.6. The number of carbonyl (C=O) groups excluding carboxylic acids is 4. The van der Waals surface area contributed by atoms with Crippen molar-refractivity contribution in [3.8, 4) is 5.75 Å². The predicted octanol–water partition coefficient (Wildman–Crippen LogP) is 6.56. The van der Waals surface area contributed by atoms with Gasteiger partial charge in [0.15, 0.2) is 0 Å². The number of esters is 1. The molecule has 10 nitrogen and oxygen atoms in total. The molecule has 0 aliphatic carbocycles. The van der Waals surface area contributed by atoms with E-state index in [1.807, 2.05) is 66.7 Å². The summed E-state index contributed by atoms with van der Waals surface area (Å²) in [4.78, 5) is 51.8. The van der Waals surface area contributed by atoms with Crippen LogP contribution in [0.15, 0.2) is 96.1 Å². The van der Waals surface area contributed by atoms with Crippen LogP contribution in [0.4, 0.5) is 5.69 Å². The molecule has 0 bridgehead atoms. The van der Waals surface area contributed by atoms with Gasteiger partial charge in [-0.2, -0.15) is 5.10 Å². The molecule has 0 spiro atoms. The summed E-state index contributed by atoms with van der Waals surface area (Å²) in [6, 6.07) is 23.7. The number of amides is 3. The highest BCUT2D eigenvalue weighted by atomic mass is 16.5. The van der Waals surface area contributed by atoms with E-state index >= 15 is 0 Å². The summed E-state index contributed by atoms with van der Waals surface area (Å²) in [5.74, 6) is -0.602. The van der Waals surface area contributed by atoms with Gasteiger partial charge in [0.2, 0.25) is 17.7 Å². The van der Waals surface area contributed by atoms with Gasteiger partial charge in [0.25, 0.3) is 0 Å². The van der Waals surface area contributed by atoms with Crippen molar-refractivity contribution in [1.29, 1.82) is 0 Å². The average molecular weight is 653 g/mol. The summed E-state index contributed by atoms with van der Waals surface area (Å²) in [7, 11) is 0. The minimum atomic E-state index is -0.566. The van der Waals surface area contributed by atoms with Gasteiger partial charge in [-0.05, 0) is 54.5 Å². The standard InChI is InChI=1S/C38H44N4O6/c43-33-17-13-12-16-32(33)40-35(44)18-8-1-2-9-19-36(45)41-39-26-29-22-24-30(25-23-29)27-42-28-34(31-14-6-5-7-15-31)48-38(47)21-11-4-3-10-20-37(42)46/h3-7,12-17,22-26,34,43H,1-2,8-11,18-21,27-28H2,(H,40,44)(H,41,45)/b4-3+,39-26+/t34-/m1/s1. The molecule has 0 fully saturated rings. The Labute approximate surface area is 281 Å². The molecule has 1 aliphatic rings. The Morgan fingerprint density at radius 1 is 0.833 bits per heavy atom. The fraction of sp³-hybridized carbons (Fsp3) is 0.342. The molecule has 0 unspecified atom stereocenters. The van der Waals surface area contributed by atoms with Gasteiger partial charge in [0, 0.05) is 32.2 Å².